The largest absolute Gasteiger partial charge is 0.493 e. The van der Waals surface area contributed by atoms with Crippen LogP contribution in [0.1, 0.15) is 59.3 Å². The normalized spacial score (nSPS) is 23.3. The highest BCUT2D eigenvalue weighted by Gasteiger charge is 2.49. The van der Waals surface area contributed by atoms with E-state index in [0.29, 0.717) is 79.0 Å². The first kappa shape index (κ1) is 40.0. The summed E-state index contributed by atoms with van der Waals surface area (Å²) in [5, 5.41) is 21.0. The Balaban J connectivity index is 1.55. The summed E-state index contributed by atoms with van der Waals surface area (Å²) in [5.41, 5.74) is 5.58. The number of fused-ring (bicyclic) bond motifs is 2. The van der Waals surface area contributed by atoms with Gasteiger partial charge in [-0.25, -0.2) is 9.59 Å². The summed E-state index contributed by atoms with van der Waals surface area (Å²) in [4.78, 5) is 25.6. The van der Waals surface area contributed by atoms with Gasteiger partial charge < -0.3 is 47.6 Å². The lowest BCUT2D eigenvalue weighted by Crippen LogP contribution is -2.59. The van der Waals surface area contributed by atoms with Crippen LogP contribution in [0.4, 0.5) is 0 Å². The van der Waals surface area contributed by atoms with E-state index in [1.165, 1.54) is 0 Å². The van der Waals surface area contributed by atoms with E-state index in [9.17, 15) is 19.8 Å². The minimum Gasteiger partial charge on any atom is -0.493 e. The molecule has 4 aromatic rings. The van der Waals surface area contributed by atoms with Crippen molar-refractivity contribution in [2.75, 3.05) is 54.6 Å². The van der Waals surface area contributed by atoms with E-state index < -0.39 is 30.1 Å². The quantitative estimate of drug-likeness (QED) is 0.128. The summed E-state index contributed by atoms with van der Waals surface area (Å²) in [5.74, 6) is 1.79. The number of quaternary nitrogens is 2. The number of aliphatic carboxylic acids is 2. The molecule has 0 aromatic heterocycles. The zero-order valence-electron chi connectivity index (χ0n) is 33.5. The fourth-order valence-electron chi connectivity index (χ4n) is 9.09. The number of halogens is 1. The van der Waals surface area contributed by atoms with Gasteiger partial charge in [-0.3, -0.25) is 0 Å². The van der Waals surface area contributed by atoms with E-state index >= 15 is 0 Å². The fraction of sp³-hybridized carbons (Fsp3) is 0.409. The van der Waals surface area contributed by atoms with Crippen LogP contribution in [-0.2, 0) is 35.3 Å². The molecule has 6 unspecified atom stereocenters. The molecule has 6 bridgehead atoms. The predicted molar refractivity (Wildman–Crippen MR) is 214 cm³/mol. The van der Waals surface area contributed by atoms with E-state index in [1.54, 1.807) is 35.2 Å². The van der Waals surface area contributed by atoms with Crippen LogP contribution in [0.3, 0.4) is 0 Å². The minimum absolute atomic E-state index is 0.154. The molecular weight excluding hydrogens is 752 g/mol. The molecule has 4 heterocycles. The van der Waals surface area contributed by atoms with Crippen molar-refractivity contribution in [3.8, 4) is 46.0 Å². The van der Waals surface area contributed by atoms with Gasteiger partial charge in [-0.2, -0.15) is 0 Å². The van der Waals surface area contributed by atoms with Gasteiger partial charge in [0.25, 0.3) is 0 Å². The second-order valence-corrected chi connectivity index (χ2v) is 15.9. The summed E-state index contributed by atoms with van der Waals surface area (Å²) in [6, 6.07) is 17.0. The lowest BCUT2D eigenvalue weighted by atomic mass is 9.84. The molecule has 0 saturated heterocycles. The summed E-state index contributed by atoms with van der Waals surface area (Å²) >= 11 is 6.31. The van der Waals surface area contributed by atoms with Crippen molar-refractivity contribution < 1.29 is 57.2 Å². The van der Waals surface area contributed by atoms with Crippen LogP contribution in [0, 0.1) is 0 Å². The van der Waals surface area contributed by atoms with Crippen molar-refractivity contribution in [1.29, 1.82) is 0 Å². The van der Waals surface area contributed by atoms with Gasteiger partial charge in [0.15, 0.2) is 52.6 Å². The van der Waals surface area contributed by atoms with Crippen molar-refractivity contribution in [2.24, 2.45) is 0 Å². The second-order valence-electron chi connectivity index (χ2n) is 15.7. The number of likely N-dealkylation sites (N-methyl/N-ethyl adjacent to an activating group) is 2. The van der Waals surface area contributed by atoms with Crippen LogP contribution in [0.2, 0.25) is 0 Å². The number of hydrogen-bond donors (Lipinski definition) is 2. The maximum Gasteiger partial charge on any atom is 0.362 e. The van der Waals surface area contributed by atoms with Gasteiger partial charge in [-0.1, -0.05) is 29.8 Å². The number of carbonyl (C=O) groups is 2. The number of rotatable bonds is 9. The number of carboxylic acids is 2. The first-order valence-corrected chi connectivity index (χ1v) is 19.7. The van der Waals surface area contributed by atoms with Crippen LogP contribution in [0.5, 0.6) is 46.0 Å². The third kappa shape index (κ3) is 7.08. The average molecular weight is 803 g/mol. The van der Waals surface area contributed by atoms with Crippen LogP contribution in [0.15, 0.2) is 60.7 Å². The zero-order chi connectivity index (χ0) is 40.8. The molecule has 8 rings (SSSR count). The van der Waals surface area contributed by atoms with Crippen LogP contribution in [0.25, 0.3) is 0 Å². The topological polar surface area (TPSA) is 130 Å². The Kier molecular flexibility index (Phi) is 11.0. The highest BCUT2D eigenvalue weighted by molar-refractivity contribution is 6.17. The van der Waals surface area contributed by atoms with Gasteiger partial charge in [0.2, 0.25) is 5.75 Å². The third-order valence-electron chi connectivity index (χ3n) is 12.9. The van der Waals surface area contributed by atoms with Crippen LogP contribution >= 0.6 is 11.6 Å². The predicted octanol–water partition coefficient (Wildman–Crippen LogP) is 7.70. The molecule has 12 nitrogen and oxygen atoms in total. The summed E-state index contributed by atoms with van der Waals surface area (Å²) in [7, 11) is 8.73. The van der Waals surface area contributed by atoms with Crippen LogP contribution < -0.4 is 28.4 Å². The number of hydrogen-bond acceptors (Lipinski definition) is 8. The molecule has 13 heteroatoms. The molecular formula is C44H51ClN2O10+2. The Morgan fingerprint density at radius 1 is 0.737 bits per heavy atom. The van der Waals surface area contributed by atoms with Gasteiger partial charge in [-0.15, -0.1) is 0 Å². The standard InChI is InChI=1S/C44H49ClN2O10/c1-25(43(48)49)46(3)16-14-29-21-36(53-6)38-23-32(29)33(46)18-27-8-11-31(12-9-27)56-37-20-28(10-13-35(37)52-5)19-34-40-30(15-17-47(34,4)26(2)44(50)51)22-39(54-7)41(55-24-45)42(40)57-38/h8-13,20-23,25-26,33-34H,14-19,24H2,1-7H3/p+2. The Morgan fingerprint density at radius 2 is 1.30 bits per heavy atom. The van der Waals surface area contributed by atoms with Crippen molar-refractivity contribution in [3.63, 3.8) is 0 Å². The zero-order valence-corrected chi connectivity index (χ0v) is 34.2. The molecule has 6 atom stereocenters. The molecule has 2 N–H and O–H groups in total. The Hall–Kier alpha value is -5.17. The highest BCUT2D eigenvalue weighted by atomic mass is 35.5. The van der Waals surface area contributed by atoms with Gasteiger partial charge in [-0.05, 0) is 78.6 Å². The maximum atomic E-state index is 12.9. The van der Waals surface area contributed by atoms with E-state index in [2.05, 4.69) is 0 Å². The number of ether oxygens (including phenoxy) is 6. The number of benzene rings is 4. The number of nitrogens with zero attached hydrogens (tertiary/aromatic N) is 2. The summed E-state index contributed by atoms with van der Waals surface area (Å²) in [6.45, 7) is 4.63. The first-order chi connectivity index (χ1) is 27.3. The van der Waals surface area contributed by atoms with Gasteiger partial charge in [0, 0.05) is 31.2 Å². The Bertz CT molecular complexity index is 2190. The number of alkyl halides is 1. The summed E-state index contributed by atoms with van der Waals surface area (Å²) < 4.78 is 37.9. The van der Waals surface area contributed by atoms with E-state index in [0.717, 1.165) is 33.4 Å². The maximum absolute atomic E-state index is 12.9. The second kappa shape index (κ2) is 15.6. The monoisotopic (exact) mass is 802 g/mol. The molecule has 302 valence electrons. The SMILES string of the molecule is COc1ccc2cc1Oc1ccc(cc1)CC1c3cc(c(OC)cc3CC[N+]1(C)C(C)C(=O)O)Oc1c(OCCl)c(OC)cc3c1C(C2)[N+](C)(C(C)C(=O)O)CC3. The third-order valence-corrected chi connectivity index (χ3v) is 13.1. The van der Waals surface area contributed by atoms with Crippen molar-refractivity contribution >= 4 is 23.5 Å². The molecule has 0 radical (unpaired) electrons. The van der Waals surface area contributed by atoms with Crippen molar-refractivity contribution in [2.45, 2.75) is 63.7 Å². The fourth-order valence-corrected chi connectivity index (χ4v) is 9.20. The molecule has 0 amide bonds. The van der Waals surface area contributed by atoms with Crippen molar-refractivity contribution in [3.05, 3.63) is 94.0 Å². The molecule has 0 aliphatic carbocycles. The van der Waals surface area contributed by atoms with Gasteiger partial charge in [0.1, 0.15) is 17.8 Å². The van der Waals surface area contributed by atoms with E-state index in [4.69, 9.17) is 40.0 Å². The molecule has 0 fully saturated rings. The molecule has 4 aliphatic rings. The Morgan fingerprint density at radius 3 is 1.91 bits per heavy atom. The molecule has 4 aromatic carbocycles. The van der Waals surface area contributed by atoms with E-state index in [1.807, 2.05) is 74.8 Å². The number of methoxy groups -OCH3 is 3. The minimum atomic E-state index is -0.921. The van der Waals surface area contributed by atoms with Gasteiger partial charge >= 0.3 is 11.9 Å². The van der Waals surface area contributed by atoms with Crippen molar-refractivity contribution in [1.82, 2.24) is 0 Å². The molecule has 0 saturated carbocycles. The number of carboxylic acid groups (broad SMARTS) is 2. The Labute approximate surface area is 338 Å². The molecule has 0 spiro atoms. The van der Waals surface area contributed by atoms with Gasteiger partial charge in [0.05, 0.1) is 54.1 Å². The first-order valence-electron chi connectivity index (χ1n) is 19.2. The lowest BCUT2D eigenvalue weighted by molar-refractivity contribution is -0.954. The average Bonchev–Trinajstić information content (AvgIpc) is 3.20. The molecule has 4 aliphatic heterocycles. The highest BCUT2D eigenvalue weighted by Crippen LogP contribution is 2.54. The smallest absolute Gasteiger partial charge is 0.362 e. The van der Waals surface area contributed by atoms with Crippen LogP contribution in [-0.4, -0.2) is 97.8 Å². The lowest BCUT2D eigenvalue weighted by Gasteiger charge is -2.49. The molecule has 57 heavy (non-hydrogen) atoms. The van der Waals surface area contributed by atoms with E-state index in [-0.39, 0.29) is 26.8 Å². The summed E-state index contributed by atoms with van der Waals surface area (Å²) in [6.07, 6.45) is 2.09.